The number of fused-ring (bicyclic) bond motifs is 1. The Morgan fingerprint density at radius 3 is 2.35 bits per heavy atom. The van der Waals surface area contributed by atoms with E-state index in [1.54, 1.807) is 31.1 Å². The van der Waals surface area contributed by atoms with E-state index >= 15 is 4.39 Å². The van der Waals surface area contributed by atoms with E-state index in [9.17, 15) is 19.2 Å². The molecular weight excluding hydrogens is 481 g/mol. The standard InChI is InChI=1S/C25H22FN7O4/c26-17-11-15-16(25(37)33(24(15)36)18-1-2-20(34)30-23(18)35)12-19(17)31-8-3-14(4-9-31)21-22(29-6-5-28-21)32-10-7-27-13-32/h5-7,10-14,18H,1-4,8-9H2,(H,30,34,35). The minimum absolute atomic E-state index is 0.0206. The summed E-state index contributed by atoms with van der Waals surface area (Å²) in [4.78, 5) is 65.7. The monoisotopic (exact) mass is 503 g/mol. The fourth-order valence-corrected chi connectivity index (χ4v) is 5.33. The molecule has 6 rings (SSSR count). The molecule has 188 valence electrons. The summed E-state index contributed by atoms with van der Waals surface area (Å²) in [5.74, 6) is -2.34. The third kappa shape index (κ3) is 3.85. The van der Waals surface area contributed by atoms with Crippen LogP contribution in [0.25, 0.3) is 5.82 Å². The predicted octanol–water partition coefficient (Wildman–Crippen LogP) is 1.59. The predicted molar refractivity (Wildman–Crippen MR) is 126 cm³/mol. The van der Waals surface area contributed by atoms with Gasteiger partial charge in [-0.3, -0.25) is 38.9 Å². The SMILES string of the molecule is O=C1CCC(N2C(=O)c3cc(F)c(N4CCC(c5nccnc5-n5ccnc5)CC4)cc3C2=O)C(=O)N1. The minimum atomic E-state index is -1.09. The first-order valence-corrected chi connectivity index (χ1v) is 12.0. The van der Waals surface area contributed by atoms with Crippen LogP contribution in [-0.4, -0.2) is 67.2 Å². The highest BCUT2D eigenvalue weighted by atomic mass is 19.1. The summed E-state index contributed by atoms with van der Waals surface area (Å²) in [6, 6.07) is 1.38. The van der Waals surface area contributed by atoms with Crippen molar-refractivity contribution in [2.75, 3.05) is 18.0 Å². The number of benzene rings is 1. The number of imidazole rings is 1. The fourth-order valence-electron chi connectivity index (χ4n) is 5.33. The Hall–Kier alpha value is -4.48. The number of nitrogens with zero attached hydrogens (tertiary/aromatic N) is 6. The molecule has 1 aromatic carbocycles. The van der Waals surface area contributed by atoms with Crippen LogP contribution < -0.4 is 10.2 Å². The topological polar surface area (TPSA) is 130 Å². The smallest absolute Gasteiger partial charge is 0.262 e. The van der Waals surface area contributed by atoms with Gasteiger partial charge in [0, 0.05) is 50.2 Å². The molecule has 2 aromatic heterocycles. The average molecular weight is 503 g/mol. The van der Waals surface area contributed by atoms with Gasteiger partial charge >= 0.3 is 0 Å². The second-order valence-corrected chi connectivity index (χ2v) is 9.29. The van der Waals surface area contributed by atoms with Crippen molar-refractivity contribution >= 4 is 29.3 Å². The first-order chi connectivity index (χ1) is 17.9. The molecule has 0 spiro atoms. The van der Waals surface area contributed by atoms with Crippen molar-refractivity contribution in [2.24, 2.45) is 0 Å². The van der Waals surface area contributed by atoms with Crippen LogP contribution in [0.1, 0.15) is 58.0 Å². The molecule has 0 bridgehead atoms. The second kappa shape index (κ2) is 8.87. The van der Waals surface area contributed by atoms with Gasteiger partial charge in [0.1, 0.15) is 18.2 Å². The molecule has 0 radical (unpaired) electrons. The Bertz CT molecular complexity index is 1430. The first-order valence-electron chi connectivity index (χ1n) is 12.0. The maximum absolute atomic E-state index is 15.2. The Balaban J connectivity index is 1.22. The van der Waals surface area contributed by atoms with Gasteiger partial charge in [0.2, 0.25) is 11.8 Å². The molecule has 1 unspecified atom stereocenters. The number of hydrogen-bond acceptors (Lipinski definition) is 8. The lowest BCUT2D eigenvalue weighted by atomic mass is 9.92. The zero-order chi connectivity index (χ0) is 25.7. The van der Waals surface area contributed by atoms with Gasteiger partial charge in [-0.1, -0.05) is 0 Å². The number of carbonyl (C=O) groups excluding carboxylic acids is 4. The maximum Gasteiger partial charge on any atom is 0.262 e. The number of piperidine rings is 2. The van der Waals surface area contributed by atoms with E-state index in [2.05, 4.69) is 20.3 Å². The van der Waals surface area contributed by atoms with Gasteiger partial charge in [-0.05, 0) is 31.4 Å². The van der Waals surface area contributed by atoms with Gasteiger partial charge in [0.15, 0.2) is 5.82 Å². The van der Waals surface area contributed by atoms with E-state index < -0.39 is 35.5 Å². The molecule has 3 aromatic rings. The molecule has 37 heavy (non-hydrogen) atoms. The Labute approximate surface area is 210 Å². The molecule has 2 saturated heterocycles. The van der Waals surface area contributed by atoms with Gasteiger partial charge < -0.3 is 4.90 Å². The molecule has 4 amide bonds. The van der Waals surface area contributed by atoms with E-state index in [4.69, 9.17) is 0 Å². The highest BCUT2D eigenvalue weighted by Gasteiger charge is 2.45. The van der Waals surface area contributed by atoms with Gasteiger partial charge in [-0.2, -0.15) is 0 Å². The minimum Gasteiger partial charge on any atom is -0.369 e. The molecule has 12 heteroatoms. The van der Waals surface area contributed by atoms with Gasteiger partial charge in [0.05, 0.1) is 22.5 Å². The summed E-state index contributed by atoms with van der Waals surface area (Å²) < 4.78 is 17.0. The molecule has 1 atom stereocenters. The van der Waals surface area contributed by atoms with Crippen molar-refractivity contribution in [3.8, 4) is 5.82 Å². The molecule has 11 nitrogen and oxygen atoms in total. The number of anilines is 1. The largest absolute Gasteiger partial charge is 0.369 e. The van der Waals surface area contributed by atoms with Crippen molar-refractivity contribution in [3.63, 3.8) is 0 Å². The van der Waals surface area contributed by atoms with Crippen molar-refractivity contribution in [1.82, 2.24) is 29.7 Å². The van der Waals surface area contributed by atoms with Gasteiger partial charge in [-0.25, -0.2) is 14.4 Å². The number of rotatable bonds is 4. The van der Waals surface area contributed by atoms with Crippen LogP contribution in [0.15, 0.2) is 43.2 Å². The maximum atomic E-state index is 15.2. The van der Waals surface area contributed by atoms with E-state index in [1.165, 1.54) is 6.07 Å². The summed E-state index contributed by atoms with van der Waals surface area (Å²) >= 11 is 0. The van der Waals surface area contributed by atoms with E-state index in [0.717, 1.165) is 16.7 Å². The zero-order valence-electron chi connectivity index (χ0n) is 19.6. The highest BCUT2D eigenvalue weighted by Crippen LogP contribution is 2.36. The van der Waals surface area contributed by atoms with Crippen LogP contribution in [0.3, 0.4) is 0 Å². The van der Waals surface area contributed by atoms with Crippen molar-refractivity contribution in [2.45, 2.75) is 37.6 Å². The number of halogens is 1. The molecule has 3 aliphatic rings. The summed E-state index contributed by atoms with van der Waals surface area (Å²) in [6.07, 6.45) is 9.86. The average Bonchev–Trinajstić information content (AvgIpc) is 3.52. The number of hydrogen-bond donors (Lipinski definition) is 1. The van der Waals surface area contributed by atoms with Crippen LogP contribution >= 0.6 is 0 Å². The van der Waals surface area contributed by atoms with Crippen LogP contribution in [0.4, 0.5) is 10.1 Å². The lowest BCUT2D eigenvalue weighted by molar-refractivity contribution is -0.136. The molecular formula is C25H22FN7O4. The van der Waals surface area contributed by atoms with Crippen LogP contribution in [-0.2, 0) is 9.59 Å². The highest BCUT2D eigenvalue weighted by molar-refractivity contribution is 6.23. The quantitative estimate of drug-likeness (QED) is 0.531. The number of imide groups is 2. The number of amides is 4. The van der Waals surface area contributed by atoms with Gasteiger partial charge in [0.25, 0.3) is 11.8 Å². The third-order valence-corrected chi connectivity index (χ3v) is 7.18. The Morgan fingerprint density at radius 1 is 0.919 bits per heavy atom. The summed E-state index contributed by atoms with van der Waals surface area (Å²) in [6.45, 7) is 1.03. The van der Waals surface area contributed by atoms with E-state index in [0.29, 0.717) is 31.7 Å². The lowest BCUT2D eigenvalue weighted by Gasteiger charge is -2.34. The molecule has 0 aliphatic carbocycles. The lowest BCUT2D eigenvalue weighted by Crippen LogP contribution is -2.54. The summed E-state index contributed by atoms with van der Waals surface area (Å²) in [7, 11) is 0. The zero-order valence-corrected chi connectivity index (χ0v) is 19.6. The molecule has 2 fully saturated rings. The number of carbonyl (C=O) groups is 4. The van der Waals surface area contributed by atoms with Crippen LogP contribution in [0.5, 0.6) is 0 Å². The van der Waals surface area contributed by atoms with E-state index in [1.807, 2.05) is 9.47 Å². The number of aromatic nitrogens is 4. The van der Waals surface area contributed by atoms with Crippen molar-refractivity contribution in [1.29, 1.82) is 0 Å². The normalized spacial score (nSPS) is 20.4. The Kier molecular flexibility index (Phi) is 5.50. The molecule has 3 aliphatic heterocycles. The molecule has 0 saturated carbocycles. The van der Waals surface area contributed by atoms with E-state index in [-0.39, 0.29) is 35.6 Å². The van der Waals surface area contributed by atoms with Crippen LogP contribution in [0.2, 0.25) is 0 Å². The fraction of sp³-hybridized carbons (Fsp3) is 0.320. The first kappa shape index (κ1) is 23.0. The second-order valence-electron chi connectivity index (χ2n) is 9.29. The van der Waals surface area contributed by atoms with Crippen molar-refractivity contribution in [3.05, 3.63) is 65.9 Å². The van der Waals surface area contributed by atoms with Crippen molar-refractivity contribution < 1.29 is 23.6 Å². The third-order valence-electron chi connectivity index (χ3n) is 7.18. The Morgan fingerprint density at radius 2 is 1.65 bits per heavy atom. The number of nitrogens with one attached hydrogen (secondary N) is 1. The summed E-state index contributed by atoms with van der Waals surface area (Å²) in [5.41, 5.74) is 1.06. The molecule has 1 N–H and O–H groups in total. The molecule has 5 heterocycles. The van der Waals surface area contributed by atoms with Gasteiger partial charge in [-0.15, -0.1) is 0 Å². The van der Waals surface area contributed by atoms with Crippen LogP contribution in [0, 0.1) is 5.82 Å². The summed E-state index contributed by atoms with van der Waals surface area (Å²) in [5, 5.41) is 2.16.